The highest BCUT2D eigenvalue weighted by molar-refractivity contribution is 7.09. The monoisotopic (exact) mass is 234 g/mol. The molecule has 1 aromatic carbocycles. The van der Waals surface area contributed by atoms with Crippen LogP contribution in [0.5, 0.6) is 5.75 Å². The maximum atomic E-state index is 5.29. The van der Waals surface area contributed by atoms with Gasteiger partial charge in [0, 0.05) is 11.6 Å². The summed E-state index contributed by atoms with van der Waals surface area (Å²) in [6.07, 6.45) is 1.81. The number of aromatic nitrogens is 1. The summed E-state index contributed by atoms with van der Waals surface area (Å²) in [6, 6.07) is 6.08. The number of benzene rings is 1. The number of aryl methyl sites for hydroxylation is 1. The van der Waals surface area contributed by atoms with Gasteiger partial charge in [0.25, 0.3) is 0 Å². The first kappa shape index (κ1) is 11.0. The summed E-state index contributed by atoms with van der Waals surface area (Å²) in [4.78, 5) is 4.22. The number of methoxy groups -OCH3 is 1. The molecule has 0 unspecified atom stereocenters. The number of nitrogens with one attached hydrogen (secondary N) is 1. The Kier molecular flexibility index (Phi) is 3.41. The van der Waals surface area contributed by atoms with E-state index in [1.165, 1.54) is 5.56 Å². The molecule has 0 aliphatic rings. The molecule has 1 aromatic heterocycles. The second-order valence-electron chi connectivity index (χ2n) is 3.48. The summed E-state index contributed by atoms with van der Waals surface area (Å²) in [5, 5.41) is 6.38. The summed E-state index contributed by atoms with van der Waals surface area (Å²) in [5.41, 5.74) is 2.22. The van der Waals surface area contributed by atoms with E-state index in [1.807, 2.05) is 23.7 Å². The Labute approximate surface area is 99.1 Å². The average Bonchev–Trinajstić information content (AvgIpc) is 2.79. The van der Waals surface area contributed by atoms with Gasteiger partial charge in [-0.15, -0.1) is 11.3 Å². The van der Waals surface area contributed by atoms with Crippen LogP contribution in [0.3, 0.4) is 0 Å². The van der Waals surface area contributed by atoms with Crippen LogP contribution >= 0.6 is 11.3 Å². The van der Waals surface area contributed by atoms with Gasteiger partial charge >= 0.3 is 0 Å². The quantitative estimate of drug-likeness (QED) is 0.882. The van der Waals surface area contributed by atoms with E-state index in [0.29, 0.717) is 0 Å². The third-order valence-electron chi connectivity index (χ3n) is 2.27. The van der Waals surface area contributed by atoms with E-state index in [1.54, 1.807) is 18.4 Å². The number of nitrogens with zero attached hydrogens (tertiary/aromatic N) is 1. The lowest BCUT2D eigenvalue weighted by Crippen LogP contribution is -2.01. The predicted molar refractivity (Wildman–Crippen MR) is 67.2 cm³/mol. The van der Waals surface area contributed by atoms with Crippen molar-refractivity contribution < 1.29 is 4.74 Å². The summed E-state index contributed by atoms with van der Waals surface area (Å²) in [5.74, 6) is 0.863. The first-order valence-corrected chi connectivity index (χ1v) is 5.94. The molecule has 0 atom stereocenters. The molecule has 0 aliphatic heterocycles. The van der Waals surface area contributed by atoms with Crippen molar-refractivity contribution in [2.75, 3.05) is 12.4 Å². The molecule has 1 N–H and O–H groups in total. The minimum atomic E-state index is 0.734. The van der Waals surface area contributed by atoms with E-state index in [2.05, 4.69) is 23.3 Å². The molecule has 1 heterocycles. The summed E-state index contributed by atoms with van der Waals surface area (Å²) in [6.45, 7) is 2.80. The fourth-order valence-corrected chi connectivity index (χ4v) is 2.03. The lowest BCUT2D eigenvalue weighted by Gasteiger charge is -2.10. The Balaban J connectivity index is 2.11. The van der Waals surface area contributed by atoms with Crippen LogP contribution in [-0.4, -0.2) is 12.1 Å². The SMILES string of the molecule is COc1ccc(C)cc1NCc1nccs1. The van der Waals surface area contributed by atoms with Crippen molar-refractivity contribution in [1.29, 1.82) is 0 Å². The van der Waals surface area contributed by atoms with Crippen LogP contribution in [0.25, 0.3) is 0 Å². The van der Waals surface area contributed by atoms with E-state index in [4.69, 9.17) is 4.74 Å². The zero-order chi connectivity index (χ0) is 11.4. The van der Waals surface area contributed by atoms with E-state index >= 15 is 0 Å². The number of hydrogen-bond acceptors (Lipinski definition) is 4. The maximum absolute atomic E-state index is 5.29. The Morgan fingerprint density at radius 3 is 3.00 bits per heavy atom. The first-order chi connectivity index (χ1) is 7.79. The van der Waals surface area contributed by atoms with Crippen LogP contribution < -0.4 is 10.1 Å². The van der Waals surface area contributed by atoms with Gasteiger partial charge in [0.15, 0.2) is 0 Å². The van der Waals surface area contributed by atoms with Crippen molar-refractivity contribution in [2.24, 2.45) is 0 Å². The molecule has 3 nitrogen and oxygen atoms in total. The molecule has 0 saturated heterocycles. The van der Waals surface area contributed by atoms with Gasteiger partial charge in [-0.05, 0) is 24.6 Å². The number of ether oxygens (including phenoxy) is 1. The molecular formula is C12H14N2OS. The normalized spacial score (nSPS) is 10.1. The van der Waals surface area contributed by atoms with Crippen molar-refractivity contribution in [3.63, 3.8) is 0 Å². The van der Waals surface area contributed by atoms with Crippen LogP contribution in [-0.2, 0) is 6.54 Å². The molecule has 0 saturated carbocycles. The predicted octanol–water partition coefficient (Wildman–Crippen LogP) is 3.07. The van der Waals surface area contributed by atoms with Gasteiger partial charge in [0.1, 0.15) is 10.8 Å². The minimum Gasteiger partial charge on any atom is -0.495 e. The largest absolute Gasteiger partial charge is 0.495 e. The molecule has 4 heteroatoms. The Bertz CT molecular complexity index is 454. The molecule has 0 radical (unpaired) electrons. The van der Waals surface area contributed by atoms with Crippen molar-refractivity contribution in [2.45, 2.75) is 13.5 Å². The van der Waals surface area contributed by atoms with Crippen molar-refractivity contribution >= 4 is 17.0 Å². The van der Waals surface area contributed by atoms with Gasteiger partial charge < -0.3 is 10.1 Å². The highest BCUT2D eigenvalue weighted by Crippen LogP contribution is 2.25. The molecule has 0 fully saturated rings. The molecule has 0 spiro atoms. The maximum Gasteiger partial charge on any atom is 0.141 e. The Morgan fingerprint density at radius 1 is 1.44 bits per heavy atom. The van der Waals surface area contributed by atoms with Crippen molar-refractivity contribution in [3.05, 3.63) is 40.3 Å². The lowest BCUT2D eigenvalue weighted by molar-refractivity contribution is 0.416. The van der Waals surface area contributed by atoms with Crippen molar-refractivity contribution in [1.82, 2.24) is 4.98 Å². The van der Waals surface area contributed by atoms with Gasteiger partial charge in [0.05, 0.1) is 19.3 Å². The van der Waals surface area contributed by atoms with E-state index in [9.17, 15) is 0 Å². The van der Waals surface area contributed by atoms with Crippen LogP contribution in [0.2, 0.25) is 0 Å². The van der Waals surface area contributed by atoms with Gasteiger partial charge in [-0.25, -0.2) is 4.98 Å². The molecular weight excluding hydrogens is 220 g/mol. The fraction of sp³-hybridized carbons (Fsp3) is 0.250. The van der Waals surface area contributed by atoms with Gasteiger partial charge in [0.2, 0.25) is 0 Å². The average molecular weight is 234 g/mol. The standard InChI is InChI=1S/C12H14N2OS/c1-9-3-4-11(15-2)10(7-9)14-8-12-13-5-6-16-12/h3-7,14H,8H2,1-2H3. The van der Waals surface area contributed by atoms with Crippen LogP contribution in [0, 0.1) is 6.92 Å². The third-order valence-corrected chi connectivity index (χ3v) is 3.05. The number of rotatable bonds is 4. The number of hydrogen-bond donors (Lipinski definition) is 1. The van der Waals surface area contributed by atoms with Gasteiger partial charge in [-0.1, -0.05) is 6.07 Å². The van der Waals surface area contributed by atoms with Gasteiger partial charge in [-0.3, -0.25) is 0 Å². The summed E-state index contributed by atoms with van der Waals surface area (Å²) in [7, 11) is 1.68. The van der Waals surface area contributed by atoms with E-state index < -0.39 is 0 Å². The second kappa shape index (κ2) is 4.99. The summed E-state index contributed by atoms with van der Waals surface area (Å²) < 4.78 is 5.29. The van der Waals surface area contributed by atoms with Gasteiger partial charge in [-0.2, -0.15) is 0 Å². The van der Waals surface area contributed by atoms with Crippen LogP contribution in [0.1, 0.15) is 10.6 Å². The molecule has 0 amide bonds. The van der Waals surface area contributed by atoms with E-state index in [0.717, 1.165) is 23.0 Å². The number of anilines is 1. The number of thiazole rings is 1. The zero-order valence-corrected chi connectivity index (χ0v) is 10.2. The molecule has 2 rings (SSSR count). The molecule has 2 aromatic rings. The van der Waals surface area contributed by atoms with Crippen LogP contribution in [0.4, 0.5) is 5.69 Å². The zero-order valence-electron chi connectivity index (χ0n) is 9.36. The van der Waals surface area contributed by atoms with E-state index in [-0.39, 0.29) is 0 Å². The minimum absolute atomic E-state index is 0.734. The Hall–Kier alpha value is -1.55. The summed E-state index contributed by atoms with van der Waals surface area (Å²) >= 11 is 1.65. The van der Waals surface area contributed by atoms with Crippen LogP contribution in [0.15, 0.2) is 29.8 Å². The third kappa shape index (κ3) is 2.52. The molecule has 84 valence electrons. The highest BCUT2D eigenvalue weighted by Gasteiger charge is 2.03. The molecule has 0 bridgehead atoms. The fourth-order valence-electron chi connectivity index (χ4n) is 1.47. The highest BCUT2D eigenvalue weighted by atomic mass is 32.1. The smallest absolute Gasteiger partial charge is 0.141 e. The molecule has 0 aliphatic carbocycles. The Morgan fingerprint density at radius 2 is 2.31 bits per heavy atom. The topological polar surface area (TPSA) is 34.1 Å². The second-order valence-corrected chi connectivity index (χ2v) is 4.46. The lowest BCUT2D eigenvalue weighted by atomic mass is 10.2. The van der Waals surface area contributed by atoms with Crippen molar-refractivity contribution in [3.8, 4) is 5.75 Å². The first-order valence-electron chi connectivity index (χ1n) is 5.06. The molecule has 16 heavy (non-hydrogen) atoms.